The largest absolute Gasteiger partial charge is 0.477 e. The molecule has 0 fully saturated rings. The molecule has 28 heavy (non-hydrogen) atoms. The van der Waals surface area contributed by atoms with Gasteiger partial charge in [-0.15, -0.1) is 11.3 Å². The first-order valence-corrected chi connectivity index (χ1v) is 9.31. The molecule has 8 heteroatoms. The molecule has 0 spiro atoms. The van der Waals surface area contributed by atoms with Gasteiger partial charge in [-0.05, 0) is 43.7 Å². The number of rotatable bonds is 6. The second-order valence-corrected chi connectivity index (χ2v) is 7.43. The maximum atomic E-state index is 13.2. The van der Waals surface area contributed by atoms with Crippen LogP contribution >= 0.6 is 11.3 Å². The quantitative estimate of drug-likeness (QED) is 0.558. The number of anilines is 2. The van der Waals surface area contributed by atoms with Crippen LogP contribution in [-0.2, 0) is 0 Å². The molecule has 0 saturated carbocycles. The Balaban J connectivity index is 1.79. The fraction of sp³-hybridized carbons (Fsp3) is 0.150. The number of pyridine rings is 1. The van der Waals surface area contributed by atoms with E-state index in [1.165, 1.54) is 17.5 Å². The van der Waals surface area contributed by atoms with Crippen molar-refractivity contribution >= 4 is 34.6 Å². The Hall–Kier alpha value is -3.26. The molecule has 1 aromatic carbocycles. The minimum Gasteiger partial charge on any atom is -0.477 e. The van der Waals surface area contributed by atoms with E-state index in [0.29, 0.717) is 11.4 Å². The first kappa shape index (κ1) is 19.5. The molecule has 3 rings (SSSR count). The summed E-state index contributed by atoms with van der Waals surface area (Å²) < 4.78 is 13.2. The summed E-state index contributed by atoms with van der Waals surface area (Å²) in [5, 5.41) is 15.2. The zero-order valence-electron chi connectivity index (χ0n) is 15.2. The standard InChI is InChI=1S/C20H18FN3O3S/c1-11(2)23-16-8-17(28-18(16)20(26)27)12-3-5-15(6-4-12)24-19(25)13-7-14(21)10-22-9-13/h3-11,23H,1-2H3,(H,24,25)(H,26,27). The number of hydrogen-bond acceptors (Lipinski definition) is 5. The van der Waals surface area contributed by atoms with Gasteiger partial charge >= 0.3 is 5.97 Å². The van der Waals surface area contributed by atoms with E-state index in [0.717, 1.165) is 22.7 Å². The van der Waals surface area contributed by atoms with Crippen molar-refractivity contribution in [3.8, 4) is 10.4 Å². The van der Waals surface area contributed by atoms with Gasteiger partial charge in [0.05, 0.1) is 17.4 Å². The Bertz CT molecular complexity index is 1020. The molecular formula is C20H18FN3O3S. The van der Waals surface area contributed by atoms with E-state index in [2.05, 4.69) is 15.6 Å². The number of nitrogens with one attached hydrogen (secondary N) is 2. The van der Waals surface area contributed by atoms with E-state index in [1.54, 1.807) is 30.3 Å². The first-order chi connectivity index (χ1) is 13.3. The molecule has 2 aromatic heterocycles. The van der Waals surface area contributed by atoms with Crippen molar-refractivity contribution in [2.45, 2.75) is 19.9 Å². The average molecular weight is 399 g/mol. The lowest BCUT2D eigenvalue weighted by molar-refractivity contribution is 0.0703. The summed E-state index contributed by atoms with van der Waals surface area (Å²) >= 11 is 1.18. The van der Waals surface area contributed by atoms with Crippen LogP contribution in [-0.4, -0.2) is 28.0 Å². The predicted molar refractivity (Wildman–Crippen MR) is 108 cm³/mol. The lowest BCUT2D eigenvalue weighted by Gasteiger charge is -2.08. The van der Waals surface area contributed by atoms with Crippen molar-refractivity contribution in [2.75, 3.05) is 10.6 Å². The zero-order valence-corrected chi connectivity index (χ0v) is 16.0. The minimum atomic E-state index is -0.980. The van der Waals surface area contributed by atoms with Crippen molar-refractivity contribution in [2.24, 2.45) is 0 Å². The van der Waals surface area contributed by atoms with Crippen molar-refractivity contribution in [3.63, 3.8) is 0 Å². The first-order valence-electron chi connectivity index (χ1n) is 8.49. The Morgan fingerprint density at radius 2 is 1.86 bits per heavy atom. The van der Waals surface area contributed by atoms with Crippen molar-refractivity contribution in [1.29, 1.82) is 0 Å². The summed E-state index contributed by atoms with van der Waals surface area (Å²) in [6.45, 7) is 3.88. The minimum absolute atomic E-state index is 0.107. The van der Waals surface area contributed by atoms with E-state index in [4.69, 9.17) is 0 Å². The second-order valence-electron chi connectivity index (χ2n) is 6.38. The molecule has 0 unspecified atom stereocenters. The molecule has 0 aliphatic carbocycles. The Morgan fingerprint density at radius 3 is 2.46 bits per heavy atom. The van der Waals surface area contributed by atoms with Crippen LogP contribution in [0.25, 0.3) is 10.4 Å². The van der Waals surface area contributed by atoms with E-state index in [1.807, 2.05) is 13.8 Å². The highest BCUT2D eigenvalue weighted by atomic mass is 32.1. The molecular weight excluding hydrogens is 381 g/mol. The van der Waals surface area contributed by atoms with Gasteiger partial charge in [-0.3, -0.25) is 9.78 Å². The number of carboxylic acid groups (broad SMARTS) is 1. The number of halogens is 1. The number of benzene rings is 1. The number of aromatic nitrogens is 1. The molecule has 2 heterocycles. The number of aromatic carboxylic acids is 1. The third-order valence-corrected chi connectivity index (χ3v) is 4.94. The van der Waals surface area contributed by atoms with E-state index >= 15 is 0 Å². The number of thiophene rings is 1. The average Bonchev–Trinajstić information content (AvgIpc) is 3.05. The monoisotopic (exact) mass is 399 g/mol. The maximum absolute atomic E-state index is 13.2. The molecule has 0 atom stereocenters. The highest BCUT2D eigenvalue weighted by Gasteiger charge is 2.17. The number of carboxylic acids is 1. The summed E-state index contributed by atoms with van der Waals surface area (Å²) in [4.78, 5) is 28.3. The van der Waals surface area contributed by atoms with Crippen LogP contribution in [0.3, 0.4) is 0 Å². The fourth-order valence-corrected chi connectivity index (χ4v) is 3.53. The summed E-state index contributed by atoms with van der Waals surface area (Å²) in [7, 11) is 0. The number of carbonyl (C=O) groups is 2. The molecule has 0 aliphatic heterocycles. The topological polar surface area (TPSA) is 91.3 Å². The molecule has 1 amide bonds. The summed E-state index contributed by atoms with van der Waals surface area (Å²) in [5.41, 5.74) is 2.07. The zero-order chi connectivity index (χ0) is 20.3. The molecule has 3 aromatic rings. The van der Waals surface area contributed by atoms with Gasteiger partial charge in [0.2, 0.25) is 0 Å². The van der Waals surface area contributed by atoms with Crippen LogP contribution in [0.5, 0.6) is 0 Å². The third kappa shape index (κ3) is 4.52. The van der Waals surface area contributed by atoms with E-state index in [9.17, 15) is 19.1 Å². The third-order valence-electron chi connectivity index (χ3n) is 3.76. The van der Waals surface area contributed by atoms with Gasteiger partial charge in [0, 0.05) is 22.8 Å². The number of carbonyl (C=O) groups excluding carboxylic acids is 1. The Labute approximate surface area is 165 Å². The summed E-state index contributed by atoms with van der Waals surface area (Å²) in [6, 6.07) is 10.0. The number of amides is 1. The molecule has 0 aliphatic rings. The van der Waals surface area contributed by atoms with Crippen LogP contribution in [0.2, 0.25) is 0 Å². The maximum Gasteiger partial charge on any atom is 0.348 e. The van der Waals surface area contributed by atoms with Gasteiger partial charge in [0.1, 0.15) is 10.7 Å². The van der Waals surface area contributed by atoms with Crippen molar-refractivity contribution in [1.82, 2.24) is 4.98 Å². The summed E-state index contributed by atoms with van der Waals surface area (Å²) in [6.07, 6.45) is 2.31. The Morgan fingerprint density at radius 1 is 1.14 bits per heavy atom. The molecule has 0 saturated heterocycles. The molecule has 3 N–H and O–H groups in total. The van der Waals surface area contributed by atoms with Crippen LogP contribution < -0.4 is 10.6 Å². The smallest absolute Gasteiger partial charge is 0.348 e. The van der Waals surface area contributed by atoms with Crippen LogP contribution in [0, 0.1) is 5.82 Å². The number of nitrogens with zero attached hydrogens (tertiary/aromatic N) is 1. The lowest BCUT2D eigenvalue weighted by Crippen LogP contribution is -2.12. The lowest BCUT2D eigenvalue weighted by atomic mass is 10.1. The van der Waals surface area contributed by atoms with Crippen LogP contribution in [0.15, 0.2) is 48.8 Å². The normalized spacial score (nSPS) is 10.7. The highest BCUT2D eigenvalue weighted by molar-refractivity contribution is 7.18. The number of hydrogen-bond donors (Lipinski definition) is 3. The van der Waals surface area contributed by atoms with E-state index in [-0.39, 0.29) is 16.5 Å². The van der Waals surface area contributed by atoms with Gasteiger partial charge in [-0.2, -0.15) is 0 Å². The van der Waals surface area contributed by atoms with Crippen LogP contribution in [0.4, 0.5) is 15.8 Å². The SMILES string of the molecule is CC(C)Nc1cc(-c2ccc(NC(=O)c3cncc(F)c3)cc2)sc1C(=O)O. The van der Waals surface area contributed by atoms with Gasteiger partial charge in [-0.1, -0.05) is 12.1 Å². The summed E-state index contributed by atoms with van der Waals surface area (Å²) in [5.74, 6) is -2.03. The predicted octanol–water partition coefficient (Wildman–Crippen LogP) is 4.72. The second kappa shape index (κ2) is 8.18. The molecule has 0 radical (unpaired) electrons. The molecule has 6 nitrogen and oxygen atoms in total. The van der Waals surface area contributed by atoms with Gasteiger partial charge < -0.3 is 15.7 Å². The van der Waals surface area contributed by atoms with Crippen LogP contribution in [0.1, 0.15) is 33.9 Å². The van der Waals surface area contributed by atoms with Gasteiger partial charge in [0.25, 0.3) is 5.91 Å². The van der Waals surface area contributed by atoms with Crippen molar-refractivity contribution < 1.29 is 19.1 Å². The fourth-order valence-electron chi connectivity index (χ4n) is 2.57. The van der Waals surface area contributed by atoms with E-state index < -0.39 is 17.7 Å². The van der Waals surface area contributed by atoms with Gasteiger partial charge in [-0.25, -0.2) is 9.18 Å². The molecule has 144 valence electrons. The molecule has 0 bridgehead atoms. The van der Waals surface area contributed by atoms with Crippen molar-refractivity contribution in [3.05, 3.63) is 65.0 Å². The Kier molecular flexibility index (Phi) is 5.70. The highest BCUT2D eigenvalue weighted by Crippen LogP contribution is 2.35. The van der Waals surface area contributed by atoms with Gasteiger partial charge in [0.15, 0.2) is 0 Å².